The van der Waals surface area contributed by atoms with Crippen molar-refractivity contribution in [3.63, 3.8) is 0 Å². The van der Waals surface area contributed by atoms with Gasteiger partial charge >= 0.3 is 0 Å². The van der Waals surface area contributed by atoms with Crippen LogP contribution in [0.2, 0.25) is 5.02 Å². The monoisotopic (exact) mass is 516 g/mol. The van der Waals surface area contributed by atoms with Crippen LogP contribution in [0.5, 0.6) is 5.75 Å². The average Bonchev–Trinajstić information content (AvgIpc) is 2.83. The third-order valence-corrected chi connectivity index (χ3v) is 5.97. The van der Waals surface area contributed by atoms with E-state index < -0.39 is 35.8 Å². The smallest absolute Gasteiger partial charge is 0.261 e. The van der Waals surface area contributed by atoms with E-state index in [1.807, 2.05) is 12.1 Å². The van der Waals surface area contributed by atoms with Gasteiger partial charge in [0, 0.05) is 24.2 Å². The second kappa shape index (κ2) is 13.3. The van der Waals surface area contributed by atoms with E-state index in [0.29, 0.717) is 22.9 Å². The van der Waals surface area contributed by atoms with Gasteiger partial charge in [0.2, 0.25) is 0 Å². The summed E-state index contributed by atoms with van der Waals surface area (Å²) < 4.78 is 33.2. The van der Waals surface area contributed by atoms with Crippen molar-refractivity contribution in [2.75, 3.05) is 6.54 Å². The van der Waals surface area contributed by atoms with Crippen molar-refractivity contribution < 1.29 is 23.4 Å². The number of nitrogens with one attached hydrogen (secondary N) is 2. The molecular weight excluding hydrogens is 486 g/mol. The summed E-state index contributed by atoms with van der Waals surface area (Å²) >= 11 is 5.98. The van der Waals surface area contributed by atoms with Crippen LogP contribution in [-0.2, 0) is 24.2 Å². The van der Waals surface area contributed by atoms with Crippen LogP contribution < -0.4 is 15.4 Å². The summed E-state index contributed by atoms with van der Waals surface area (Å²) in [5.41, 5.74) is 2.59. The molecule has 0 fully saturated rings. The Morgan fingerprint density at radius 1 is 1.00 bits per heavy atom. The highest BCUT2D eigenvalue weighted by Crippen LogP contribution is 2.19. The fraction of sp³-hybridized carbons (Fsp3) is 0.321. The molecule has 0 aromatic heterocycles. The molecule has 1 unspecified atom stereocenters. The van der Waals surface area contributed by atoms with E-state index in [1.165, 1.54) is 17.7 Å². The third kappa shape index (κ3) is 8.59. The fourth-order valence-corrected chi connectivity index (χ4v) is 4.01. The van der Waals surface area contributed by atoms with Gasteiger partial charge in [-0.1, -0.05) is 48.9 Å². The van der Waals surface area contributed by atoms with Crippen LogP contribution in [0.4, 0.5) is 8.78 Å². The van der Waals surface area contributed by atoms with Crippen molar-refractivity contribution >= 4 is 17.5 Å². The molecule has 0 saturated carbocycles. The lowest BCUT2D eigenvalue weighted by atomic mass is 10.00. The van der Waals surface area contributed by atoms with E-state index in [9.17, 15) is 18.7 Å². The van der Waals surface area contributed by atoms with Gasteiger partial charge < -0.3 is 20.5 Å². The topological polar surface area (TPSA) is 70.6 Å². The van der Waals surface area contributed by atoms with Crippen molar-refractivity contribution in [3.8, 4) is 5.75 Å². The van der Waals surface area contributed by atoms with Gasteiger partial charge in [0.05, 0.1) is 12.1 Å². The van der Waals surface area contributed by atoms with Gasteiger partial charge in [0.15, 0.2) is 6.10 Å². The Hall–Kier alpha value is -3.00. The number of benzene rings is 3. The molecule has 0 bridgehead atoms. The molecule has 1 amide bonds. The summed E-state index contributed by atoms with van der Waals surface area (Å²) in [6, 6.07) is 17.1. The summed E-state index contributed by atoms with van der Waals surface area (Å²) in [7, 11) is 0. The lowest BCUT2D eigenvalue weighted by molar-refractivity contribution is -0.128. The molecule has 8 heteroatoms. The molecule has 3 aromatic carbocycles. The van der Waals surface area contributed by atoms with Gasteiger partial charge in [0.25, 0.3) is 5.91 Å². The zero-order chi connectivity index (χ0) is 26.1. The van der Waals surface area contributed by atoms with Crippen molar-refractivity contribution in [2.45, 2.75) is 51.5 Å². The van der Waals surface area contributed by atoms with E-state index in [2.05, 4.69) is 29.7 Å². The Labute approximate surface area is 215 Å². The molecule has 0 radical (unpaired) electrons. The summed E-state index contributed by atoms with van der Waals surface area (Å²) in [4.78, 5) is 12.9. The molecule has 3 rings (SSSR count). The maximum absolute atomic E-state index is 13.8. The first-order chi connectivity index (χ1) is 17.2. The predicted molar refractivity (Wildman–Crippen MR) is 137 cm³/mol. The lowest BCUT2D eigenvalue weighted by Gasteiger charge is -2.26. The second-order valence-corrected chi connectivity index (χ2v) is 9.12. The van der Waals surface area contributed by atoms with Crippen LogP contribution in [0.1, 0.15) is 30.5 Å². The Morgan fingerprint density at radius 2 is 1.69 bits per heavy atom. The zero-order valence-electron chi connectivity index (χ0n) is 20.3. The molecule has 0 spiro atoms. The summed E-state index contributed by atoms with van der Waals surface area (Å²) in [5.74, 6) is -1.51. The molecule has 3 aromatic rings. The molecular formula is C28H31ClF2N2O3. The second-order valence-electron chi connectivity index (χ2n) is 8.69. The van der Waals surface area contributed by atoms with E-state index in [1.54, 1.807) is 31.2 Å². The first kappa shape index (κ1) is 27.6. The maximum atomic E-state index is 13.8. The number of rotatable bonds is 12. The number of hydrogen-bond acceptors (Lipinski definition) is 4. The molecule has 36 heavy (non-hydrogen) atoms. The van der Waals surface area contributed by atoms with Crippen molar-refractivity contribution in [1.82, 2.24) is 10.6 Å². The van der Waals surface area contributed by atoms with Crippen LogP contribution in [-0.4, -0.2) is 35.8 Å². The third-order valence-electron chi connectivity index (χ3n) is 5.73. The number of aryl methyl sites for hydroxylation is 1. The number of carbonyl (C=O) groups excluding carboxylic acids is 1. The molecule has 0 aliphatic carbocycles. The molecule has 0 aliphatic heterocycles. The zero-order valence-corrected chi connectivity index (χ0v) is 21.1. The molecule has 5 nitrogen and oxygen atoms in total. The average molecular weight is 517 g/mol. The highest BCUT2D eigenvalue weighted by molar-refractivity contribution is 6.30. The summed E-state index contributed by atoms with van der Waals surface area (Å²) in [6.07, 6.45) is -0.983. The molecule has 0 heterocycles. The molecule has 3 atom stereocenters. The number of aliphatic hydroxyl groups is 1. The van der Waals surface area contributed by atoms with Crippen LogP contribution in [0.25, 0.3) is 0 Å². The van der Waals surface area contributed by atoms with Gasteiger partial charge in [-0.25, -0.2) is 8.78 Å². The molecule has 0 saturated heterocycles. The van der Waals surface area contributed by atoms with E-state index >= 15 is 0 Å². The minimum Gasteiger partial charge on any atom is -0.481 e. The van der Waals surface area contributed by atoms with E-state index in [-0.39, 0.29) is 13.0 Å². The maximum Gasteiger partial charge on any atom is 0.261 e. The van der Waals surface area contributed by atoms with Gasteiger partial charge in [0.1, 0.15) is 17.4 Å². The van der Waals surface area contributed by atoms with Crippen LogP contribution in [0.3, 0.4) is 0 Å². The minimum absolute atomic E-state index is 0.0263. The molecule has 0 aliphatic rings. The predicted octanol–water partition coefficient (Wildman–Crippen LogP) is 4.83. The fourth-order valence-electron chi connectivity index (χ4n) is 3.83. The normalized spacial score (nSPS) is 13.6. The van der Waals surface area contributed by atoms with E-state index in [4.69, 9.17) is 16.3 Å². The van der Waals surface area contributed by atoms with Crippen LogP contribution in [0, 0.1) is 11.6 Å². The number of halogens is 3. The lowest BCUT2D eigenvalue weighted by Crippen LogP contribution is -2.51. The highest BCUT2D eigenvalue weighted by Gasteiger charge is 2.25. The number of carbonyl (C=O) groups is 1. The minimum atomic E-state index is -1.03. The number of aliphatic hydroxyl groups excluding tert-OH is 1. The molecule has 192 valence electrons. The Bertz CT molecular complexity index is 1140. The van der Waals surface area contributed by atoms with Gasteiger partial charge in [-0.15, -0.1) is 0 Å². The summed E-state index contributed by atoms with van der Waals surface area (Å²) in [6.45, 7) is 4.33. The molecule has 3 N–H and O–H groups in total. The summed E-state index contributed by atoms with van der Waals surface area (Å²) in [5, 5.41) is 17.4. The first-order valence-corrected chi connectivity index (χ1v) is 12.3. The Balaban J connectivity index is 1.67. The van der Waals surface area contributed by atoms with Gasteiger partial charge in [-0.3, -0.25) is 4.79 Å². The van der Waals surface area contributed by atoms with Crippen molar-refractivity contribution in [2.24, 2.45) is 0 Å². The largest absolute Gasteiger partial charge is 0.481 e. The Kier molecular flexibility index (Phi) is 10.2. The number of amides is 1. The van der Waals surface area contributed by atoms with Crippen LogP contribution >= 0.6 is 11.6 Å². The standard InChI is InChI=1S/C28H31ClF2N2O3/c1-3-19-6-4-7-20(10-19)16-32-17-27(34)26(13-21-11-23(30)15-24(31)12-21)33-28(35)18(2)36-25-9-5-8-22(29)14-25/h4-12,14-15,18,26-27,32,34H,3,13,16-17H2,1-2H3,(H,33,35)/t18?,26-,27-/m0/s1. The van der Waals surface area contributed by atoms with Crippen LogP contribution in [0.15, 0.2) is 66.7 Å². The van der Waals surface area contributed by atoms with Crippen molar-refractivity contribution in [1.29, 1.82) is 0 Å². The van der Waals surface area contributed by atoms with E-state index in [0.717, 1.165) is 18.1 Å². The van der Waals surface area contributed by atoms with Gasteiger partial charge in [-0.2, -0.15) is 0 Å². The Morgan fingerprint density at radius 3 is 2.39 bits per heavy atom. The highest BCUT2D eigenvalue weighted by atomic mass is 35.5. The SMILES string of the molecule is CCc1cccc(CNC[C@H](O)[C@H](Cc2cc(F)cc(F)c2)NC(=O)C(C)Oc2cccc(Cl)c2)c1. The first-order valence-electron chi connectivity index (χ1n) is 11.9. The van der Waals surface area contributed by atoms with Gasteiger partial charge in [-0.05, 0) is 66.8 Å². The number of hydrogen-bond donors (Lipinski definition) is 3. The van der Waals surface area contributed by atoms with Crippen molar-refractivity contribution in [3.05, 3.63) is 100 Å². The quantitative estimate of drug-likeness (QED) is 0.322. The number of ether oxygens (including phenoxy) is 1.